The largest absolute Gasteiger partial charge is 0.492 e. The summed E-state index contributed by atoms with van der Waals surface area (Å²) in [7, 11) is 1.62. The van der Waals surface area contributed by atoms with Crippen LogP contribution in [0, 0.1) is 0 Å². The van der Waals surface area contributed by atoms with Gasteiger partial charge in [0.2, 0.25) is 0 Å². The summed E-state index contributed by atoms with van der Waals surface area (Å²) < 4.78 is 45.6. The van der Waals surface area contributed by atoms with Crippen LogP contribution in [0.15, 0.2) is 35.3 Å². The third kappa shape index (κ3) is 10.4. The minimum absolute atomic E-state index is 0.0423. The molecule has 1 aromatic rings. The molecule has 2 N–H and O–H groups in total. The number of guanidine groups is 1. The zero-order chi connectivity index (χ0) is 17.0. The number of ether oxygens (including phenoxy) is 2. The van der Waals surface area contributed by atoms with Gasteiger partial charge in [-0.15, -0.1) is 0 Å². The van der Waals surface area contributed by atoms with Crippen LogP contribution in [-0.4, -0.2) is 52.1 Å². The van der Waals surface area contributed by atoms with Crippen LogP contribution in [0.5, 0.6) is 5.75 Å². The number of halogens is 3. The number of hydrogen-bond acceptors (Lipinski definition) is 3. The fourth-order valence-corrected chi connectivity index (χ4v) is 1.64. The number of hydrogen-bond donors (Lipinski definition) is 2. The molecule has 1 aromatic carbocycles. The molecule has 0 radical (unpaired) electrons. The molecule has 0 unspecified atom stereocenters. The standard InChI is InChI=1S/C15H22F3N3O2/c1-19-14(20-8-5-10-22-12-15(16,17)18)21-9-11-23-13-6-3-2-4-7-13/h2-4,6-7H,5,8-12H2,1H3,(H2,19,20,21). The van der Waals surface area contributed by atoms with Gasteiger partial charge >= 0.3 is 6.18 Å². The first-order chi connectivity index (χ1) is 11.0. The van der Waals surface area contributed by atoms with Gasteiger partial charge in [-0.2, -0.15) is 13.2 Å². The number of nitrogens with one attached hydrogen (secondary N) is 2. The lowest BCUT2D eigenvalue weighted by atomic mass is 10.3. The Bertz CT molecular complexity index is 453. The van der Waals surface area contributed by atoms with Crippen LogP contribution < -0.4 is 15.4 Å². The molecule has 0 atom stereocenters. The number of nitrogens with zero attached hydrogens (tertiary/aromatic N) is 1. The van der Waals surface area contributed by atoms with Crippen LogP contribution in [0.2, 0.25) is 0 Å². The van der Waals surface area contributed by atoms with Crippen molar-refractivity contribution < 1.29 is 22.6 Å². The Labute approximate surface area is 133 Å². The van der Waals surface area contributed by atoms with E-state index < -0.39 is 12.8 Å². The molecule has 0 aromatic heterocycles. The van der Waals surface area contributed by atoms with Gasteiger partial charge in [-0.3, -0.25) is 4.99 Å². The average Bonchev–Trinajstić information content (AvgIpc) is 2.52. The average molecular weight is 333 g/mol. The molecule has 5 nitrogen and oxygen atoms in total. The van der Waals surface area contributed by atoms with Crippen LogP contribution in [0.4, 0.5) is 13.2 Å². The van der Waals surface area contributed by atoms with E-state index in [1.807, 2.05) is 30.3 Å². The highest BCUT2D eigenvalue weighted by molar-refractivity contribution is 5.79. The third-order valence-corrected chi connectivity index (χ3v) is 2.65. The summed E-state index contributed by atoms with van der Waals surface area (Å²) in [6.07, 6.45) is -3.82. The van der Waals surface area contributed by atoms with E-state index in [1.54, 1.807) is 7.05 Å². The van der Waals surface area contributed by atoms with Crippen molar-refractivity contribution >= 4 is 5.96 Å². The third-order valence-electron chi connectivity index (χ3n) is 2.65. The Balaban J connectivity index is 2.04. The van der Waals surface area contributed by atoms with Crippen molar-refractivity contribution in [1.82, 2.24) is 10.6 Å². The van der Waals surface area contributed by atoms with Gasteiger partial charge < -0.3 is 20.1 Å². The summed E-state index contributed by atoms with van der Waals surface area (Å²) in [4.78, 5) is 4.01. The van der Waals surface area contributed by atoms with Crippen LogP contribution in [-0.2, 0) is 4.74 Å². The topological polar surface area (TPSA) is 54.9 Å². The van der Waals surface area contributed by atoms with Gasteiger partial charge in [0, 0.05) is 20.2 Å². The second-order valence-electron chi connectivity index (χ2n) is 4.61. The second kappa shape index (κ2) is 10.7. The molecule has 0 aliphatic heterocycles. The number of para-hydroxylation sites is 1. The fourth-order valence-electron chi connectivity index (χ4n) is 1.64. The minimum Gasteiger partial charge on any atom is -0.492 e. The maximum absolute atomic E-state index is 11.9. The molecule has 8 heteroatoms. The quantitative estimate of drug-likeness (QED) is 0.413. The molecule has 0 aliphatic carbocycles. The van der Waals surface area contributed by atoms with Gasteiger partial charge in [0.15, 0.2) is 5.96 Å². The minimum atomic E-state index is -4.27. The summed E-state index contributed by atoms with van der Waals surface area (Å²) in [6.45, 7) is 0.326. The van der Waals surface area contributed by atoms with Gasteiger partial charge in [0.25, 0.3) is 0 Å². The molecule has 0 fully saturated rings. The summed E-state index contributed by atoms with van der Waals surface area (Å²) in [5.74, 6) is 1.36. The molecule has 0 saturated carbocycles. The number of benzene rings is 1. The molecule has 130 valence electrons. The Morgan fingerprint density at radius 3 is 2.43 bits per heavy atom. The molecule has 0 saturated heterocycles. The Morgan fingerprint density at radius 1 is 1.09 bits per heavy atom. The maximum Gasteiger partial charge on any atom is 0.411 e. The van der Waals surface area contributed by atoms with E-state index in [0.29, 0.717) is 32.1 Å². The van der Waals surface area contributed by atoms with E-state index in [-0.39, 0.29) is 6.61 Å². The number of rotatable bonds is 9. The van der Waals surface area contributed by atoms with Gasteiger partial charge in [0.05, 0.1) is 6.54 Å². The molecule has 0 bridgehead atoms. The van der Waals surface area contributed by atoms with Gasteiger partial charge in [0.1, 0.15) is 19.0 Å². The predicted molar refractivity (Wildman–Crippen MR) is 82.8 cm³/mol. The number of aliphatic imine (C=N–C) groups is 1. The van der Waals surface area contributed by atoms with Crippen molar-refractivity contribution in [2.24, 2.45) is 4.99 Å². The molecule has 0 heterocycles. The van der Waals surface area contributed by atoms with Crippen molar-refractivity contribution in [1.29, 1.82) is 0 Å². The SMILES string of the molecule is CN=C(NCCCOCC(F)(F)F)NCCOc1ccccc1. The van der Waals surface area contributed by atoms with E-state index >= 15 is 0 Å². The van der Waals surface area contributed by atoms with Crippen LogP contribution in [0.25, 0.3) is 0 Å². The fraction of sp³-hybridized carbons (Fsp3) is 0.533. The highest BCUT2D eigenvalue weighted by atomic mass is 19.4. The van der Waals surface area contributed by atoms with Crippen molar-refractivity contribution in [2.75, 3.05) is 40.0 Å². The summed E-state index contributed by atoms with van der Waals surface area (Å²) >= 11 is 0. The van der Waals surface area contributed by atoms with Gasteiger partial charge in [-0.25, -0.2) is 0 Å². The van der Waals surface area contributed by atoms with E-state index in [4.69, 9.17) is 4.74 Å². The molecular formula is C15H22F3N3O2. The lowest BCUT2D eigenvalue weighted by molar-refractivity contribution is -0.173. The van der Waals surface area contributed by atoms with Crippen molar-refractivity contribution in [2.45, 2.75) is 12.6 Å². The normalized spacial score (nSPS) is 12.1. The highest BCUT2D eigenvalue weighted by Crippen LogP contribution is 2.14. The lowest BCUT2D eigenvalue weighted by Crippen LogP contribution is -2.40. The monoisotopic (exact) mass is 333 g/mol. The summed E-state index contributed by atoms with van der Waals surface area (Å²) in [5, 5.41) is 6.04. The highest BCUT2D eigenvalue weighted by Gasteiger charge is 2.27. The smallest absolute Gasteiger partial charge is 0.411 e. The molecular weight excluding hydrogens is 311 g/mol. The second-order valence-corrected chi connectivity index (χ2v) is 4.61. The van der Waals surface area contributed by atoms with Crippen molar-refractivity contribution in [3.05, 3.63) is 30.3 Å². The van der Waals surface area contributed by atoms with Crippen LogP contribution >= 0.6 is 0 Å². The number of alkyl halides is 3. The Kier molecular flexibility index (Phi) is 8.89. The van der Waals surface area contributed by atoms with Crippen molar-refractivity contribution in [3.63, 3.8) is 0 Å². The van der Waals surface area contributed by atoms with Crippen LogP contribution in [0.3, 0.4) is 0 Å². The molecule has 1 rings (SSSR count). The molecule has 0 spiro atoms. The van der Waals surface area contributed by atoms with Crippen molar-refractivity contribution in [3.8, 4) is 5.75 Å². The summed E-state index contributed by atoms with van der Waals surface area (Å²) in [6, 6.07) is 9.44. The lowest BCUT2D eigenvalue weighted by Gasteiger charge is -2.13. The van der Waals surface area contributed by atoms with E-state index in [0.717, 1.165) is 5.75 Å². The first-order valence-corrected chi connectivity index (χ1v) is 7.28. The first kappa shape index (κ1) is 19.1. The van der Waals surface area contributed by atoms with E-state index in [1.165, 1.54) is 0 Å². The van der Waals surface area contributed by atoms with E-state index in [9.17, 15) is 13.2 Å². The Hall–Kier alpha value is -1.96. The van der Waals surface area contributed by atoms with Gasteiger partial charge in [-0.1, -0.05) is 18.2 Å². The van der Waals surface area contributed by atoms with E-state index in [2.05, 4.69) is 20.4 Å². The zero-order valence-electron chi connectivity index (χ0n) is 13.0. The summed E-state index contributed by atoms with van der Waals surface area (Å²) in [5.41, 5.74) is 0. The van der Waals surface area contributed by atoms with Crippen LogP contribution in [0.1, 0.15) is 6.42 Å². The van der Waals surface area contributed by atoms with Gasteiger partial charge in [-0.05, 0) is 18.6 Å². The molecule has 0 amide bonds. The molecule has 23 heavy (non-hydrogen) atoms. The maximum atomic E-state index is 11.9. The predicted octanol–water partition coefficient (Wildman–Crippen LogP) is 2.20. The zero-order valence-corrected chi connectivity index (χ0v) is 13.0. The molecule has 0 aliphatic rings. The Morgan fingerprint density at radius 2 is 1.78 bits per heavy atom. The first-order valence-electron chi connectivity index (χ1n) is 7.28.